The van der Waals surface area contributed by atoms with Crippen molar-refractivity contribution in [2.75, 3.05) is 0 Å². The quantitative estimate of drug-likeness (QED) is 0.708. The first-order valence-corrected chi connectivity index (χ1v) is 9.83. The second-order valence-electron chi connectivity index (χ2n) is 7.27. The molecule has 0 fully saturated rings. The van der Waals surface area contributed by atoms with E-state index in [1.807, 2.05) is 54.6 Å². The van der Waals surface area contributed by atoms with Crippen LogP contribution >= 0.6 is 11.6 Å². The Morgan fingerprint density at radius 2 is 1.66 bits per heavy atom. The van der Waals surface area contributed by atoms with Gasteiger partial charge in [-0.3, -0.25) is 4.79 Å². The number of nitriles is 1. The Balaban J connectivity index is 1.45. The lowest BCUT2D eigenvalue weighted by Crippen LogP contribution is -2.42. The van der Waals surface area contributed by atoms with Crippen LogP contribution in [0.2, 0.25) is 5.02 Å². The molecule has 4 nitrogen and oxygen atoms in total. The van der Waals surface area contributed by atoms with E-state index in [9.17, 15) is 4.79 Å². The Hall–Kier alpha value is -3.13. The van der Waals surface area contributed by atoms with Crippen LogP contribution < -0.4 is 5.73 Å². The summed E-state index contributed by atoms with van der Waals surface area (Å²) in [7, 11) is 0. The molecule has 1 aliphatic heterocycles. The number of nitrogens with two attached hydrogens (primary N) is 1. The zero-order chi connectivity index (χ0) is 20.4. The van der Waals surface area contributed by atoms with Gasteiger partial charge in [0.05, 0.1) is 17.7 Å². The van der Waals surface area contributed by atoms with E-state index in [0.29, 0.717) is 30.1 Å². The molecule has 0 aromatic heterocycles. The SMILES string of the molecule is N#Cc1ccc(-c2ccc(CC(N)C(=O)N3Cc4ccccc4C3)c(Cl)c2)cc1. The van der Waals surface area contributed by atoms with Crippen molar-refractivity contribution in [3.05, 3.63) is 94.0 Å². The smallest absolute Gasteiger partial charge is 0.240 e. The molecule has 1 amide bonds. The van der Waals surface area contributed by atoms with E-state index in [4.69, 9.17) is 22.6 Å². The van der Waals surface area contributed by atoms with Gasteiger partial charge in [-0.2, -0.15) is 5.26 Å². The number of hydrogen-bond donors (Lipinski definition) is 1. The lowest BCUT2D eigenvalue weighted by atomic mass is 9.99. The minimum Gasteiger partial charge on any atom is -0.333 e. The van der Waals surface area contributed by atoms with Crippen molar-refractivity contribution in [2.24, 2.45) is 5.73 Å². The molecule has 0 saturated heterocycles. The van der Waals surface area contributed by atoms with Gasteiger partial charge in [0.1, 0.15) is 0 Å². The van der Waals surface area contributed by atoms with Crippen LogP contribution in [0.25, 0.3) is 11.1 Å². The van der Waals surface area contributed by atoms with Crippen LogP contribution in [-0.4, -0.2) is 16.8 Å². The van der Waals surface area contributed by atoms with Crippen molar-refractivity contribution < 1.29 is 4.79 Å². The van der Waals surface area contributed by atoms with E-state index in [1.54, 1.807) is 17.0 Å². The molecule has 3 aromatic carbocycles. The molecule has 0 radical (unpaired) electrons. The number of hydrogen-bond acceptors (Lipinski definition) is 3. The molecule has 1 aliphatic rings. The number of benzene rings is 3. The van der Waals surface area contributed by atoms with Crippen LogP contribution in [0, 0.1) is 11.3 Å². The van der Waals surface area contributed by atoms with Gasteiger partial charge >= 0.3 is 0 Å². The van der Waals surface area contributed by atoms with E-state index in [-0.39, 0.29) is 5.91 Å². The van der Waals surface area contributed by atoms with E-state index in [1.165, 1.54) is 11.1 Å². The highest BCUT2D eigenvalue weighted by molar-refractivity contribution is 6.31. The van der Waals surface area contributed by atoms with Gasteiger partial charge in [-0.1, -0.05) is 60.1 Å². The zero-order valence-electron chi connectivity index (χ0n) is 15.8. The maximum Gasteiger partial charge on any atom is 0.240 e. The van der Waals surface area contributed by atoms with E-state index < -0.39 is 6.04 Å². The van der Waals surface area contributed by atoms with Crippen molar-refractivity contribution in [3.8, 4) is 17.2 Å². The molecule has 0 spiro atoms. The van der Waals surface area contributed by atoms with Gasteiger partial charge in [0.15, 0.2) is 0 Å². The predicted molar refractivity (Wildman–Crippen MR) is 114 cm³/mol. The molecule has 0 bridgehead atoms. The highest BCUT2D eigenvalue weighted by Gasteiger charge is 2.27. The highest BCUT2D eigenvalue weighted by atomic mass is 35.5. The summed E-state index contributed by atoms with van der Waals surface area (Å²) in [5, 5.41) is 9.51. The minimum atomic E-state index is -0.637. The molecule has 1 atom stereocenters. The molecule has 5 heteroatoms. The molecule has 0 saturated carbocycles. The molecule has 0 aliphatic carbocycles. The standard InChI is InChI=1S/C24H20ClN3O/c25-22-11-18(17-7-5-16(13-26)6-8-17)9-10-19(22)12-23(27)24(29)28-14-20-3-1-2-4-21(20)15-28/h1-11,23H,12,14-15,27H2. The van der Waals surface area contributed by atoms with Crippen molar-refractivity contribution in [2.45, 2.75) is 25.6 Å². The average molecular weight is 402 g/mol. The molecular formula is C24H20ClN3O. The van der Waals surface area contributed by atoms with Gasteiger partial charge in [-0.25, -0.2) is 0 Å². The lowest BCUT2D eigenvalue weighted by Gasteiger charge is -2.21. The summed E-state index contributed by atoms with van der Waals surface area (Å²) in [5.41, 5.74) is 12.0. The van der Waals surface area contributed by atoms with Crippen molar-refractivity contribution in [3.63, 3.8) is 0 Å². The Bertz CT molecular complexity index is 1080. The number of halogens is 1. The molecule has 144 valence electrons. The van der Waals surface area contributed by atoms with Gasteiger partial charge in [0.25, 0.3) is 0 Å². The summed E-state index contributed by atoms with van der Waals surface area (Å²) in [6, 6.07) is 22.6. The fourth-order valence-corrected chi connectivity index (χ4v) is 3.94. The van der Waals surface area contributed by atoms with Crippen LogP contribution in [0.4, 0.5) is 0 Å². The largest absolute Gasteiger partial charge is 0.333 e. The van der Waals surface area contributed by atoms with Crippen LogP contribution in [0.3, 0.4) is 0 Å². The van der Waals surface area contributed by atoms with Gasteiger partial charge < -0.3 is 10.6 Å². The first-order valence-electron chi connectivity index (χ1n) is 9.45. The van der Waals surface area contributed by atoms with Gasteiger partial charge in [-0.05, 0) is 52.4 Å². The number of rotatable bonds is 4. The molecule has 1 unspecified atom stereocenters. The summed E-state index contributed by atoms with van der Waals surface area (Å²) >= 11 is 6.49. The van der Waals surface area contributed by atoms with Gasteiger partial charge in [0, 0.05) is 18.1 Å². The van der Waals surface area contributed by atoms with Gasteiger partial charge in [-0.15, -0.1) is 0 Å². The number of fused-ring (bicyclic) bond motifs is 1. The normalized spacial score (nSPS) is 13.6. The Morgan fingerprint density at radius 1 is 1.03 bits per heavy atom. The van der Waals surface area contributed by atoms with Crippen molar-refractivity contribution in [1.29, 1.82) is 5.26 Å². The molecule has 3 aromatic rings. The topological polar surface area (TPSA) is 70.1 Å². The average Bonchev–Trinajstić information content (AvgIpc) is 3.19. The highest BCUT2D eigenvalue weighted by Crippen LogP contribution is 2.28. The maximum absolute atomic E-state index is 12.8. The molecule has 29 heavy (non-hydrogen) atoms. The van der Waals surface area contributed by atoms with E-state index in [0.717, 1.165) is 16.7 Å². The van der Waals surface area contributed by atoms with Crippen LogP contribution in [0.5, 0.6) is 0 Å². The second kappa shape index (κ2) is 8.08. The van der Waals surface area contributed by atoms with Gasteiger partial charge in [0.2, 0.25) is 5.91 Å². The molecule has 1 heterocycles. The van der Waals surface area contributed by atoms with Crippen LogP contribution in [-0.2, 0) is 24.3 Å². The number of amides is 1. The Kier molecular flexibility index (Phi) is 5.35. The summed E-state index contributed by atoms with van der Waals surface area (Å²) in [4.78, 5) is 14.6. The number of carbonyl (C=O) groups excluding carboxylic acids is 1. The third kappa shape index (κ3) is 4.02. The predicted octanol–water partition coefficient (Wildman–Crippen LogP) is 4.29. The number of nitrogens with zero attached hydrogens (tertiary/aromatic N) is 2. The summed E-state index contributed by atoms with van der Waals surface area (Å²) in [6.07, 6.45) is 0.387. The Labute approximate surface area is 175 Å². The molecular weight excluding hydrogens is 382 g/mol. The summed E-state index contributed by atoms with van der Waals surface area (Å²) in [6.45, 7) is 1.21. The third-order valence-electron chi connectivity index (χ3n) is 5.31. The van der Waals surface area contributed by atoms with Crippen molar-refractivity contribution in [1.82, 2.24) is 4.90 Å². The number of carbonyl (C=O) groups is 1. The lowest BCUT2D eigenvalue weighted by molar-refractivity contribution is -0.133. The van der Waals surface area contributed by atoms with E-state index >= 15 is 0 Å². The zero-order valence-corrected chi connectivity index (χ0v) is 16.6. The monoisotopic (exact) mass is 401 g/mol. The summed E-state index contributed by atoms with van der Waals surface area (Å²) in [5.74, 6) is -0.0616. The fraction of sp³-hybridized carbons (Fsp3) is 0.167. The fourth-order valence-electron chi connectivity index (χ4n) is 3.68. The third-order valence-corrected chi connectivity index (χ3v) is 5.66. The van der Waals surface area contributed by atoms with Crippen LogP contribution in [0.15, 0.2) is 66.7 Å². The molecule has 2 N–H and O–H groups in total. The van der Waals surface area contributed by atoms with E-state index in [2.05, 4.69) is 6.07 Å². The summed E-state index contributed by atoms with van der Waals surface area (Å²) < 4.78 is 0. The Morgan fingerprint density at radius 3 is 2.24 bits per heavy atom. The molecule has 4 rings (SSSR count). The first-order chi connectivity index (χ1) is 14.0. The van der Waals surface area contributed by atoms with Crippen molar-refractivity contribution >= 4 is 17.5 Å². The maximum atomic E-state index is 12.8. The first kappa shape index (κ1) is 19.2. The minimum absolute atomic E-state index is 0.0616. The van der Waals surface area contributed by atoms with Crippen LogP contribution in [0.1, 0.15) is 22.3 Å². The second-order valence-corrected chi connectivity index (χ2v) is 7.68.